The maximum atomic E-state index is 13.9. The van der Waals surface area contributed by atoms with E-state index >= 15 is 0 Å². The van der Waals surface area contributed by atoms with Gasteiger partial charge in [-0.3, -0.25) is 9.28 Å². The van der Waals surface area contributed by atoms with Crippen molar-refractivity contribution in [2.75, 3.05) is 38.6 Å². The number of hydrogen-bond acceptors (Lipinski definition) is 6. The molecule has 0 radical (unpaired) electrons. The normalized spacial score (nSPS) is 22.0. The molecule has 5 rings (SSSR count). The van der Waals surface area contributed by atoms with Gasteiger partial charge in [-0.15, -0.1) is 0 Å². The molecular formula is C30H32N3O4+. The third kappa shape index (κ3) is 4.91. The molecule has 37 heavy (non-hydrogen) atoms. The van der Waals surface area contributed by atoms with Gasteiger partial charge in [-0.05, 0) is 47.4 Å². The number of furan rings is 1. The zero-order chi connectivity index (χ0) is 25.9. The zero-order valence-electron chi connectivity index (χ0n) is 21.1. The second kappa shape index (κ2) is 10.3. The van der Waals surface area contributed by atoms with E-state index in [2.05, 4.69) is 35.4 Å². The Kier molecular flexibility index (Phi) is 6.88. The molecule has 2 aromatic carbocycles. The minimum absolute atomic E-state index is 0.0523. The van der Waals surface area contributed by atoms with E-state index in [-0.39, 0.29) is 34.0 Å². The summed E-state index contributed by atoms with van der Waals surface area (Å²) in [6.07, 6.45) is 1.80. The summed E-state index contributed by atoms with van der Waals surface area (Å²) in [6.45, 7) is 2.91. The first kappa shape index (κ1) is 24.8. The first-order valence-corrected chi connectivity index (χ1v) is 12.7. The van der Waals surface area contributed by atoms with E-state index in [0.717, 1.165) is 36.2 Å². The molecule has 3 aromatic rings. The number of carbonyl (C=O) groups excluding carboxylic acids is 2. The Bertz CT molecular complexity index is 1360. The summed E-state index contributed by atoms with van der Waals surface area (Å²) in [6, 6.07) is 19.4. The average Bonchev–Trinajstić information content (AvgIpc) is 3.57. The second-order valence-electron chi connectivity index (χ2n) is 9.95. The molecule has 1 amide bonds. The number of carbonyl (C=O) groups is 2. The molecular weight excluding hydrogens is 466 g/mol. The van der Waals surface area contributed by atoms with E-state index < -0.39 is 0 Å². The van der Waals surface area contributed by atoms with Gasteiger partial charge in [0.1, 0.15) is 0 Å². The van der Waals surface area contributed by atoms with Crippen molar-refractivity contribution in [1.82, 2.24) is 0 Å². The number of ether oxygens (including phenoxy) is 1. The Labute approximate surface area is 217 Å². The van der Waals surface area contributed by atoms with Crippen molar-refractivity contribution in [1.29, 1.82) is 0 Å². The number of nitrogens with one attached hydrogen (secondary N) is 1. The van der Waals surface area contributed by atoms with Gasteiger partial charge >= 0.3 is 11.9 Å². The highest BCUT2D eigenvalue weighted by Gasteiger charge is 2.51. The van der Waals surface area contributed by atoms with Crippen molar-refractivity contribution >= 4 is 17.6 Å². The number of anilines is 1. The van der Waals surface area contributed by atoms with E-state index in [1.807, 2.05) is 30.3 Å². The number of benzene rings is 2. The molecule has 0 aliphatic carbocycles. The lowest BCUT2D eigenvalue weighted by atomic mass is 9.73. The van der Waals surface area contributed by atoms with Crippen molar-refractivity contribution in [2.45, 2.75) is 31.2 Å². The fourth-order valence-electron chi connectivity index (χ4n) is 5.55. The van der Waals surface area contributed by atoms with E-state index in [1.165, 1.54) is 12.7 Å². The fourth-order valence-corrected chi connectivity index (χ4v) is 5.55. The number of nitrogens with zero attached hydrogens (tertiary/aromatic N) is 1. The third-order valence-corrected chi connectivity index (χ3v) is 7.87. The molecule has 0 atom stereocenters. The minimum atomic E-state index is -0.320. The number of amides is 1. The molecule has 1 fully saturated rings. The van der Waals surface area contributed by atoms with Gasteiger partial charge < -0.3 is 20.2 Å². The van der Waals surface area contributed by atoms with Crippen LogP contribution in [-0.2, 0) is 21.5 Å². The van der Waals surface area contributed by atoms with Crippen LogP contribution < -0.4 is 11.1 Å². The van der Waals surface area contributed by atoms with Crippen molar-refractivity contribution in [2.24, 2.45) is 5.73 Å². The summed E-state index contributed by atoms with van der Waals surface area (Å²) in [7, 11) is 1.38. The summed E-state index contributed by atoms with van der Waals surface area (Å²) >= 11 is 0. The van der Waals surface area contributed by atoms with Crippen molar-refractivity contribution in [3.05, 3.63) is 88.9 Å². The van der Waals surface area contributed by atoms with Crippen LogP contribution >= 0.6 is 0 Å². The standard InChI is InChI=1S/C30H32N3O4/c1-36-28(34)13-16-33(29(35)27-12-10-24(37-27)9-7-22-5-3-2-4-6-22)17-14-30(15-18-33)21-32-26-11-8-23(20-31)19-25(26)30/h2-6,8,10-12,19,32H,13-18,20-21,31H2,1H3/q+1. The van der Waals surface area contributed by atoms with Gasteiger partial charge in [0, 0.05) is 42.6 Å². The number of likely N-dealkylation sites (tertiary alicyclic amines) is 1. The number of esters is 1. The van der Waals surface area contributed by atoms with Crippen molar-refractivity contribution in [3.63, 3.8) is 0 Å². The molecule has 2 aliphatic heterocycles. The SMILES string of the molecule is COC(=O)CC[N+]1(C(=O)c2ccc(C#Cc3ccccc3)o2)CCC2(CC1)CNc1ccc(CN)cc12. The van der Waals surface area contributed by atoms with Crippen LogP contribution in [0.4, 0.5) is 5.69 Å². The molecule has 0 bridgehead atoms. The van der Waals surface area contributed by atoms with Crippen LogP contribution in [0, 0.1) is 11.8 Å². The second-order valence-corrected chi connectivity index (χ2v) is 9.95. The quantitative estimate of drug-likeness (QED) is 0.316. The van der Waals surface area contributed by atoms with Crippen molar-refractivity contribution < 1.29 is 23.2 Å². The number of hydrogen-bond donors (Lipinski definition) is 2. The maximum absolute atomic E-state index is 13.9. The summed E-state index contributed by atoms with van der Waals surface area (Å²) in [5.74, 6) is 6.34. The highest BCUT2D eigenvalue weighted by molar-refractivity contribution is 5.86. The first-order valence-electron chi connectivity index (χ1n) is 12.7. The predicted molar refractivity (Wildman–Crippen MR) is 141 cm³/mol. The molecule has 3 heterocycles. The number of nitrogens with two attached hydrogens (primary N) is 1. The molecule has 2 aliphatic rings. The summed E-state index contributed by atoms with van der Waals surface area (Å²) < 4.78 is 10.9. The van der Waals surface area contributed by atoms with Crippen LogP contribution in [-0.4, -0.2) is 49.6 Å². The molecule has 1 saturated heterocycles. The van der Waals surface area contributed by atoms with Gasteiger partial charge in [-0.25, -0.2) is 4.79 Å². The molecule has 1 spiro atoms. The summed E-state index contributed by atoms with van der Waals surface area (Å²) in [5.41, 5.74) is 10.3. The molecule has 7 nitrogen and oxygen atoms in total. The molecule has 7 heteroatoms. The lowest BCUT2D eigenvalue weighted by molar-refractivity contribution is -0.855. The van der Waals surface area contributed by atoms with Gasteiger partial charge in [0.05, 0.1) is 33.2 Å². The number of fused-ring (bicyclic) bond motifs is 2. The van der Waals surface area contributed by atoms with Crippen LogP contribution in [0.1, 0.15) is 52.3 Å². The van der Waals surface area contributed by atoms with Gasteiger partial charge in [-0.2, -0.15) is 0 Å². The Morgan fingerprint density at radius 2 is 1.86 bits per heavy atom. The molecule has 0 unspecified atom stereocenters. The monoisotopic (exact) mass is 498 g/mol. The number of methoxy groups -OCH3 is 1. The van der Waals surface area contributed by atoms with E-state index in [0.29, 0.717) is 31.9 Å². The number of rotatable bonds is 5. The minimum Gasteiger partial charge on any atom is -0.469 e. The topological polar surface area (TPSA) is 94.6 Å². The predicted octanol–water partition coefficient (Wildman–Crippen LogP) is 3.82. The zero-order valence-corrected chi connectivity index (χ0v) is 21.1. The summed E-state index contributed by atoms with van der Waals surface area (Å²) in [5, 5.41) is 3.55. The van der Waals surface area contributed by atoms with E-state index in [1.54, 1.807) is 12.1 Å². The smallest absolute Gasteiger partial charge is 0.381 e. The average molecular weight is 499 g/mol. The van der Waals surface area contributed by atoms with E-state index in [9.17, 15) is 9.59 Å². The van der Waals surface area contributed by atoms with Crippen LogP contribution in [0.15, 0.2) is 65.1 Å². The Morgan fingerprint density at radius 1 is 1.08 bits per heavy atom. The molecule has 190 valence electrons. The number of quaternary nitrogens is 1. The highest BCUT2D eigenvalue weighted by atomic mass is 16.5. The highest BCUT2D eigenvalue weighted by Crippen LogP contribution is 2.46. The van der Waals surface area contributed by atoms with Gasteiger partial charge in [0.2, 0.25) is 5.76 Å². The van der Waals surface area contributed by atoms with Gasteiger partial charge in [-0.1, -0.05) is 36.3 Å². The molecule has 3 N–H and O–H groups in total. The largest absolute Gasteiger partial charge is 0.469 e. The van der Waals surface area contributed by atoms with Crippen LogP contribution in [0.5, 0.6) is 0 Å². The number of piperidine rings is 1. The van der Waals surface area contributed by atoms with Crippen LogP contribution in [0.25, 0.3) is 0 Å². The Hall–Kier alpha value is -3.86. The van der Waals surface area contributed by atoms with Crippen LogP contribution in [0.2, 0.25) is 0 Å². The lowest BCUT2D eigenvalue weighted by Crippen LogP contribution is -2.60. The molecule has 0 saturated carbocycles. The van der Waals surface area contributed by atoms with Gasteiger partial charge in [0.25, 0.3) is 0 Å². The Morgan fingerprint density at radius 3 is 2.59 bits per heavy atom. The fraction of sp³-hybridized carbons (Fsp3) is 0.333. The van der Waals surface area contributed by atoms with Gasteiger partial charge in [0.15, 0.2) is 5.76 Å². The summed E-state index contributed by atoms with van der Waals surface area (Å²) in [4.78, 5) is 26.0. The maximum Gasteiger partial charge on any atom is 0.381 e. The first-order chi connectivity index (χ1) is 18.0. The third-order valence-electron chi connectivity index (χ3n) is 7.87. The van der Waals surface area contributed by atoms with Crippen LogP contribution in [0.3, 0.4) is 0 Å². The molecule has 1 aromatic heterocycles. The Balaban J connectivity index is 1.39. The van der Waals surface area contributed by atoms with E-state index in [4.69, 9.17) is 14.9 Å². The lowest BCUT2D eigenvalue weighted by Gasteiger charge is -2.45. The van der Waals surface area contributed by atoms with Crippen molar-refractivity contribution in [3.8, 4) is 11.8 Å².